The molecule has 0 unspecified atom stereocenters. The lowest BCUT2D eigenvalue weighted by molar-refractivity contribution is 0.669. The monoisotopic (exact) mass is 657 g/mol. The van der Waals surface area contributed by atoms with Crippen LogP contribution in [0.25, 0.3) is 85.9 Å². The maximum atomic E-state index is 6.39. The molecular weight excluding hydrogens is 631 g/mol. The molecule has 0 amide bonds. The van der Waals surface area contributed by atoms with Crippen LogP contribution in [0.15, 0.2) is 173 Å². The number of benzene rings is 8. The van der Waals surface area contributed by atoms with Gasteiger partial charge in [-0.25, -0.2) is 0 Å². The van der Waals surface area contributed by atoms with E-state index in [1.807, 2.05) is 23.5 Å². The Kier molecular flexibility index (Phi) is 5.83. The molecule has 3 heterocycles. The number of rotatable bonds is 4. The fourth-order valence-electron chi connectivity index (χ4n) is 7.64. The molecule has 0 atom stereocenters. The summed E-state index contributed by atoms with van der Waals surface area (Å²) in [6.45, 7) is 0. The topological polar surface area (TPSA) is 29.5 Å². The fourth-order valence-corrected chi connectivity index (χ4v) is 8.78. The van der Waals surface area contributed by atoms with Crippen LogP contribution in [0.4, 0.5) is 17.1 Å². The van der Waals surface area contributed by atoms with E-state index < -0.39 is 0 Å². The standard InChI is InChI=1S/C46H27NO2S/c1-2-8-34-29(7-1)15-21-39-40-25-30(16-24-42(40)49-46(34)39)28-13-17-31(18-14-28)47(32-19-22-36-35-9-3-5-11-41(35)48-43(36)26-32)33-20-23-38-37-10-4-6-12-44(37)50-45(38)27-33/h1-27H. The lowest BCUT2D eigenvalue weighted by Crippen LogP contribution is -2.09. The van der Waals surface area contributed by atoms with Gasteiger partial charge in [0.05, 0.1) is 0 Å². The molecule has 50 heavy (non-hydrogen) atoms. The second-order valence-electron chi connectivity index (χ2n) is 12.9. The van der Waals surface area contributed by atoms with Crippen molar-refractivity contribution in [1.82, 2.24) is 0 Å². The van der Waals surface area contributed by atoms with Crippen LogP contribution in [0.1, 0.15) is 0 Å². The number of fused-ring (bicyclic) bond motifs is 11. The number of hydrogen-bond acceptors (Lipinski definition) is 4. The number of hydrogen-bond donors (Lipinski definition) is 0. The van der Waals surface area contributed by atoms with Crippen LogP contribution >= 0.6 is 11.3 Å². The summed E-state index contributed by atoms with van der Waals surface area (Å²) in [4.78, 5) is 2.33. The summed E-state index contributed by atoms with van der Waals surface area (Å²) in [6, 6.07) is 58.4. The highest BCUT2D eigenvalue weighted by Crippen LogP contribution is 2.43. The molecular formula is C46H27NO2S. The third-order valence-corrected chi connectivity index (χ3v) is 11.2. The van der Waals surface area contributed by atoms with E-state index in [-0.39, 0.29) is 0 Å². The van der Waals surface area contributed by atoms with Gasteiger partial charge < -0.3 is 13.7 Å². The summed E-state index contributed by atoms with van der Waals surface area (Å²) in [5.74, 6) is 0. The van der Waals surface area contributed by atoms with Crippen molar-refractivity contribution in [3.63, 3.8) is 0 Å². The summed E-state index contributed by atoms with van der Waals surface area (Å²) in [6.07, 6.45) is 0. The average Bonchev–Trinajstić information content (AvgIpc) is 3.86. The molecule has 0 fully saturated rings. The van der Waals surface area contributed by atoms with Crippen molar-refractivity contribution in [2.75, 3.05) is 4.90 Å². The number of para-hydroxylation sites is 1. The van der Waals surface area contributed by atoms with Gasteiger partial charge in [0.25, 0.3) is 0 Å². The third-order valence-electron chi connectivity index (χ3n) is 10.1. The summed E-state index contributed by atoms with van der Waals surface area (Å²) in [5.41, 5.74) is 9.15. The van der Waals surface area contributed by atoms with Crippen LogP contribution in [0, 0.1) is 0 Å². The van der Waals surface area contributed by atoms with Crippen molar-refractivity contribution < 1.29 is 8.83 Å². The van der Waals surface area contributed by atoms with Gasteiger partial charge in [-0.3, -0.25) is 0 Å². The normalized spacial score (nSPS) is 12.0. The smallest absolute Gasteiger partial charge is 0.143 e. The van der Waals surface area contributed by atoms with E-state index in [0.29, 0.717) is 0 Å². The van der Waals surface area contributed by atoms with E-state index in [4.69, 9.17) is 8.83 Å². The van der Waals surface area contributed by atoms with Crippen molar-refractivity contribution in [2.45, 2.75) is 0 Å². The highest BCUT2D eigenvalue weighted by Gasteiger charge is 2.18. The van der Waals surface area contributed by atoms with E-state index in [9.17, 15) is 0 Å². The second kappa shape index (κ2) is 10.6. The van der Waals surface area contributed by atoms with Gasteiger partial charge in [0, 0.05) is 70.2 Å². The minimum absolute atomic E-state index is 0.877. The number of furan rings is 2. The second-order valence-corrected chi connectivity index (χ2v) is 14.0. The first-order chi connectivity index (χ1) is 24.7. The molecule has 0 radical (unpaired) electrons. The van der Waals surface area contributed by atoms with Gasteiger partial charge in [-0.15, -0.1) is 11.3 Å². The van der Waals surface area contributed by atoms with Crippen LogP contribution in [-0.4, -0.2) is 0 Å². The number of thiophene rings is 1. The Labute approximate surface area is 290 Å². The van der Waals surface area contributed by atoms with Crippen molar-refractivity contribution in [1.29, 1.82) is 0 Å². The average molecular weight is 658 g/mol. The van der Waals surface area contributed by atoms with Crippen molar-refractivity contribution >= 4 is 103 Å². The van der Waals surface area contributed by atoms with Crippen LogP contribution < -0.4 is 4.90 Å². The molecule has 0 aliphatic heterocycles. The minimum atomic E-state index is 0.877. The maximum absolute atomic E-state index is 6.39. The lowest BCUT2D eigenvalue weighted by atomic mass is 10.0. The summed E-state index contributed by atoms with van der Waals surface area (Å²) < 4.78 is 15.3. The Morgan fingerprint density at radius 1 is 0.360 bits per heavy atom. The first-order valence-corrected chi connectivity index (χ1v) is 17.6. The molecule has 11 rings (SSSR count). The molecule has 3 nitrogen and oxygen atoms in total. The summed E-state index contributed by atoms with van der Waals surface area (Å²) in [5, 5.41) is 9.43. The molecule has 0 N–H and O–H groups in total. The minimum Gasteiger partial charge on any atom is -0.456 e. The molecule has 234 valence electrons. The van der Waals surface area contributed by atoms with Gasteiger partial charge in [-0.2, -0.15) is 0 Å². The van der Waals surface area contributed by atoms with E-state index in [0.717, 1.165) is 77.5 Å². The maximum Gasteiger partial charge on any atom is 0.143 e. The van der Waals surface area contributed by atoms with Crippen molar-refractivity contribution in [2.24, 2.45) is 0 Å². The van der Waals surface area contributed by atoms with Gasteiger partial charge in [0.2, 0.25) is 0 Å². The zero-order valence-electron chi connectivity index (χ0n) is 26.8. The van der Waals surface area contributed by atoms with Crippen LogP contribution in [-0.2, 0) is 0 Å². The first-order valence-electron chi connectivity index (χ1n) is 16.8. The van der Waals surface area contributed by atoms with E-state index in [2.05, 4.69) is 157 Å². The molecule has 0 aliphatic carbocycles. The predicted molar refractivity (Wildman–Crippen MR) is 212 cm³/mol. The zero-order valence-corrected chi connectivity index (χ0v) is 27.6. The van der Waals surface area contributed by atoms with Crippen LogP contribution in [0.5, 0.6) is 0 Å². The number of nitrogens with zero attached hydrogens (tertiary/aromatic N) is 1. The molecule has 8 aromatic carbocycles. The van der Waals surface area contributed by atoms with E-state index >= 15 is 0 Å². The molecule has 0 bridgehead atoms. The Hall–Kier alpha value is -6.36. The zero-order chi connectivity index (χ0) is 32.8. The predicted octanol–water partition coefficient (Wildman–Crippen LogP) is 14.1. The molecule has 0 spiro atoms. The van der Waals surface area contributed by atoms with E-state index in [1.54, 1.807) is 0 Å². The van der Waals surface area contributed by atoms with E-state index in [1.165, 1.54) is 25.6 Å². The Morgan fingerprint density at radius 2 is 1.00 bits per heavy atom. The largest absolute Gasteiger partial charge is 0.456 e. The summed E-state index contributed by atoms with van der Waals surface area (Å²) in [7, 11) is 0. The van der Waals surface area contributed by atoms with Gasteiger partial charge in [0.1, 0.15) is 22.3 Å². The highest BCUT2D eigenvalue weighted by atomic mass is 32.1. The highest BCUT2D eigenvalue weighted by molar-refractivity contribution is 7.25. The Balaban J connectivity index is 1.04. The van der Waals surface area contributed by atoms with Gasteiger partial charge in [0.15, 0.2) is 0 Å². The molecule has 4 heteroatoms. The third kappa shape index (κ3) is 4.16. The van der Waals surface area contributed by atoms with Crippen molar-refractivity contribution in [3.8, 4) is 11.1 Å². The quantitative estimate of drug-likeness (QED) is 0.189. The molecule has 0 saturated heterocycles. The van der Waals surface area contributed by atoms with Crippen LogP contribution in [0.3, 0.4) is 0 Å². The van der Waals surface area contributed by atoms with Gasteiger partial charge >= 0.3 is 0 Å². The Bertz CT molecular complexity index is 2990. The van der Waals surface area contributed by atoms with Crippen LogP contribution in [0.2, 0.25) is 0 Å². The lowest BCUT2D eigenvalue weighted by Gasteiger charge is -2.26. The first kappa shape index (κ1) is 27.6. The molecule has 0 aliphatic rings. The fraction of sp³-hybridized carbons (Fsp3) is 0. The molecule has 0 saturated carbocycles. The van der Waals surface area contributed by atoms with Gasteiger partial charge in [-0.05, 0) is 83.2 Å². The number of anilines is 3. The summed E-state index contributed by atoms with van der Waals surface area (Å²) >= 11 is 1.84. The Morgan fingerprint density at radius 3 is 1.90 bits per heavy atom. The molecule has 11 aromatic rings. The molecule has 3 aromatic heterocycles. The van der Waals surface area contributed by atoms with Crippen molar-refractivity contribution in [3.05, 3.63) is 164 Å². The SMILES string of the molecule is c1ccc2c(c1)ccc1c3cc(-c4ccc(N(c5ccc6c(c5)oc5ccccc56)c5ccc6c(c5)sc5ccccc56)cc4)ccc3oc21. The van der Waals surface area contributed by atoms with Gasteiger partial charge in [-0.1, -0.05) is 91.0 Å².